The molecule has 2 aromatic heterocycles. The summed E-state index contributed by atoms with van der Waals surface area (Å²) >= 11 is 5.98. The minimum absolute atomic E-state index is 0.0324. The fourth-order valence-corrected chi connectivity index (χ4v) is 5.46. The Balaban J connectivity index is 1.40. The second kappa shape index (κ2) is 10.8. The molecule has 0 saturated carbocycles. The van der Waals surface area contributed by atoms with Gasteiger partial charge in [-0.3, -0.25) is 9.69 Å². The summed E-state index contributed by atoms with van der Waals surface area (Å²) in [5, 5.41) is 4.34. The van der Waals surface area contributed by atoms with Crippen LogP contribution >= 0.6 is 11.6 Å². The van der Waals surface area contributed by atoms with E-state index in [1.807, 2.05) is 19.9 Å². The van der Waals surface area contributed by atoms with E-state index in [4.69, 9.17) is 16.3 Å². The van der Waals surface area contributed by atoms with Gasteiger partial charge in [-0.2, -0.15) is 4.68 Å². The molecule has 0 spiro atoms. The van der Waals surface area contributed by atoms with Crippen molar-refractivity contribution in [2.45, 2.75) is 58.0 Å². The molecule has 2 atom stereocenters. The maximum Gasteiger partial charge on any atom is 0.356 e. The maximum atomic E-state index is 13.8. The summed E-state index contributed by atoms with van der Waals surface area (Å²) in [6, 6.07) is 8.72. The van der Waals surface area contributed by atoms with E-state index in [0.29, 0.717) is 30.0 Å². The first-order valence-electron chi connectivity index (χ1n) is 12.8. The first-order chi connectivity index (χ1) is 17.8. The van der Waals surface area contributed by atoms with Crippen LogP contribution in [0.15, 0.2) is 41.3 Å². The van der Waals surface area contributed by atoms with E-state index >= 15 is 0 Å². The van der Waals surface area contributed by atoms with E-state index in [-0.39, 0.29) is 29.0 Å². The van der Waals surface area contributed by atoms with Gasteiger partial charge in [-0.25, -0.2) is 18.7 Å². The Morgan fingerprint density at radius 1 is 1.19 bits per heavy atom. The Labute approximate surface area is 220 Å². The number of rotatable bonds is 9. The highest BCUT2D eigenvalue weighted by atomic mass is 35.5. The van der Waals surface area contributed by atoms with E-state index < -0.39 is 11.5 Å². The average Bonchev–Trinajstić information content (AvgIpc) is 3.29. The first-order valence-corrected chi connectivity index (χ1v) is 13.1. The number of hydrogen-bond donors (Lipinski definition) is 0. The van der Waals surface area contributed by atoms with Crippen LogP contribution in [0.4, 0.5) is 4.39 Å². The lowest BCUT2D eigenvalue weighted by molar-refractivity contribution is -0.119. The normalized spacial score (nSPS) is 19.6. The van der Waals surface area contributed by atoms with Gasteiger partial charge in [-0.1, -0.05) is 31.5 Å². The molecule has 4 heterocycles. The number of aromatic nitrogens is 4. The van der Waals surface area contributed by atoms with Crippen molar-refractivity contribution in [3.05, 3.63) is 69.2 Å². The van der Waals surface area contributed by atoms with Crippen molar-refractivity contribution in [2.75, 3.05) is 19.8 Å². The van der Waals surface area contributed by atoms with E-state index in [1.165, 1.54) is 40.3 Å². The molecular formula is C27H31ClFN5O3. The second-order valence-electron chi connectivity index (χ2n) is 10.3. The molecular weight excluding hydrogens is 497 g/mol. The van der Waals surface area contributed by atoms with Crippen LogP contribution in [0.25, 0.3) is 11.5 Å². The third-order valence-electron chi connectivity index (χ3n) is 7.08. The molecule has 0 amide bonds. The molecule has 2 aliphatic rings. The minimum Gasteiger partial charge on any atom is -0.378 e. The van der Waals surface area contributed by atoms with Gasteiger partial charge in [0, 0.05) is 31.2 Å². The van der Waals surface area contributed by atoms with Crippen LogP contribution in [0.2, 0.25) is 5.02 Å². The molecule has 0 N–H and O–H groups in total. The number of ether oxygens (including phenoxy) is 1. The zero-order valence-electron chi connectivity index (χ0n) is 21.1. The number of pyridine rings is 1. The topological polar surface area (TPSA) is 82.2 Å². The number of fused-ring (bicyclic) bond motifs is 2. The fourth-order valence-electron chi connectivity index (χ4n) is 5.29. The van der Waals surface area contributed by atoms with Crippen LogP contribution in [0.5, 0.6) is 0 Å². The van der Waals surface area contributed by atoms with Crippen LogP contribution in [0.1, 0.15) is 44.5 Å². The Morgan fingerprint density at radius 3 is 2.59 bits per heavy atom. The van der Waals surface area contributed by atoms with Crippen molar-refractivity contribution >= 4 is 17.4 Å². The lowest BCUT2D eigenvalue weighted by Gasteiger charge is -2.34. The first kappa shape index (κ1) is 25.8. The van der Waals surface area contributed by atoms with Gasteiger partial charge in [0.2, 0.25) is 0 Å². The van der Waals surface area contributed by atoms with E-state index in [1.54, 1.807) is 12.3 Å². The fraction of sp³-hybridized carbons (Fsp3) is 0.481. The smallest absolute Gasteiger partial charge is 0.356 e. The lowest BCUT2D eigenvalue weighted by Crippen LogP contribution is -2.46. The van der Waals surface area contributed by atoms with Crippen molar-refractivity contribution < 1.29 is 13.9 Å². The number of carbonyl (C=O) groups excluding carboxylic acids is 1. The summed E-state index contributed by atoms with van der Waals surface area (Å²) in [4.78, 5) is 33.1. The number of morpholine rings is 1. The summed E-state index contributed by atoms with van der Waals surface area (Å²) in [6.45, 7) is 6.47. The zero-order valence-corrected chi connectivity index (χ0v) is 21.8. The summed E-state index contributed by atoms with van der Waals surface area (Å²) in [5.41, 5.74) is 0.909. The summed E-state index contributed by atoms with van der Waals surface area (Å²) in [6.07, 6.45) is 5.33. The molecule has 0 radical (unpaired) electrons. The van der Waals surface area contributed by atoms with Gasteiger partial charge in [0.1, 0.15) is 17.4 Å². The second-order valence-corrected chi connectivity index (χ2v) is 10.7. The molecule has 196 valence electrons. The third kappa shape index (κ3) is 5.54. The number of Topliss-reactive ketones (excluding diaryl/α,β-unsaturated/α-hetero) is 1. The maximum absolute atomic E-state index is 13.8. The largest absolute Gasteiger partial charge is 0.378 e. The van der Waals surface area contributed by atoms with Crippen LogP contribution in [0.3, 0.4) is 0 Å². The lowest BCUT2D eigenvalue weighted by atomic mass is 10.1. The van der Waals surface area contributed by atoms with Gasteiger partial charge in [0.25, 0.3) is 0 Å². The number of benzene rings is 1. The third-order valence-corrected chi connectivity index (χ3v) is 7.36. The minimum atomic E-state index is -0.592. The Kier molecular flexibility index (Phi) is 7.55. The van der Waals surface area contributed by atoms with Crippen molar-refractivity contribution in [2.24, 2.45) is 5.92 Å². The molecule has 8 nitrogen and oxygen atoms in total. The van der Waals surface area contributed by atoms with Gasteiger partial charge in [-0.15, -0.1) is 5.10 Å². The van der Waals surface area contributed by atoms with E-state index in [0.717, 1.165) is 31.7 Å². The molecule has 2 fully saturated rings. The van der Waals surface area contributed by atoms with Crippen LogP contribution in [0, 0.1) is 11.7 Å². The number of halogens is 2. The molecule has 2 aliphatic heterocycles. The predicted molar refractivity (Wildman–Crippen MR) is 138 cm³/mol. The van der Waals surface area contributed by atoms with Crippen molar-refractivity contribution in [1.29, 1.82) is 0 Å². The monoisotopic (exact) mass is 527 g/mol. The van der Waals surface area contributed by atoms with Gasteiger partial charge in [-0.05, 0) is 55.0 Å². The Hall–Kier alpha value is -2.88. The van der Waals surface area contributed by atoms with Gasteiger partial charge in [0.05, 0.1) is 30.3 Å². The highest BCUT2D eigenvalue weighted by Gasteiger charge is 2.36. The van der Waals surface area contributed by atoms with Crippen LogP contribution < -0.4 is 5.69 Å². The Bertz CT molecular complexity index is 1320. The highest BCUT2D eigenvalue weighted by molar-refractivity contribution is 6.30. The summed E-state index contributed by atoms with van der Waals surface area (Å²) < 4.78 is 21.9. The predicted octanol–water partition coefficient (Wildman–Crippen LogP) is 3.77. The molecule has 0 aliphatic carbocycles. The number of carbonyl (C=O) groups is 1. The Morgan fingerprint density at radius 2 is 1.95 bits per heavy atom. The van der Waals surface area contributed by atoms with Crippen LogP contribution in [-0.2, 0) is 22.4 Å². The number of hydrogen-bond acceptors (Lipinski definition) is 6. The molecule has 1 aromatic carbocycles. The van der Waals surface area contributed by atoms with Crippen molar-refractivity contribution in [3.63, 3.8) is 0 Å². The molecule has 37 heavy (non-hydrogen) atoms. The van der Waals surface area contributed by atoms with Crippen LogP contribution in [-0.4, -0.2) is 61.9 Å². The SMILES string of the molecule is CC(C)CC(=O)Cc1nn(-c2ccc(CCN3C4CCC3COC4)cn2)c(=O)n1-c1ccc(F)c(Cl)c1. The van der Waals surface area contributed by atoms with Crippen molar-refractivity contribution in [1.82, 2.24) is 24.2 Å². The number of nitrogens with zero attached hydrogens (tertiary/aromatic N) is 5. The zero-order chi connectivity index (χ0) is 26.1. The van der Waals surface area contributed by atoms with E-state index in [9.17, 15) is 14.0 Å². The van der Waals surface area contributed by atoms with Crippen molar-refractivity contribution in [3.8, 4) is 11.5 Å². The molecule has 2 bridgehead atoms. The van der Waals surface area contributed by atoms with Gasteiger partial charge < -0.3 is 4.74 Å². The average molecular weight is 528 g/mol. The summed E-state index contributed by atoms with van der Waals surface area (Å²) in [7, 11) is 0. The quantitative estimate of drug-likeness (QED) is 0.421. The molecule has 2 unspecified atom stereocenters. The molecule has 5 rings (SSSR count). The molecule has 2 saturated heterocycles. The van der Waals surface area contributed by atoms with Gasteiger partial charge in [0.15, 0.2) is 5.82 Å². The highest BCUT2D eigenvalue weighted by Crippen LogP contribution is 2.28. The number of ketones is 1. The molecule has 3 aromatic rings. The van der Waals surface area contributed by atoms with Gasteiger partial charge >= 0.3 is 5.69 Å². The summed E-state index contributed by atoms with van der Waals surface area (Å²) in [5.74, 6) is 0.154. The van der Waals surface area contributed by atoms with E-state index in [2.05, 4.69) is 15.0 Å². The standard InChI is InChI=1S/C27H31ClFN5O3/c1-17(2)11-22(35)13-26-31-34(27(36)33(26)19-6-7-24(29)23(28)12-19)25-8-3-18(14-30-25)9-10-32-20-4-5-21(32)16-37-15-20/h3,6-8,12,14,17,20-21H,4-5,9-11,13,15-16H2,1-2H3. The molecule has 10 heteroatoms.